The lowest BCUT2D eigenvalue weighted by Gasteiger charge is -2.00. The van der Waals surface area contributed by atoms with E-state index in [4.69, 9.17) is 16.7 Å². The summed E-state index contributed by atoms with van der Waals surface area (Å²) in [6.45, 7) is 5.20. The van der Waals surface area contributed by atoms with Crippen molar-refractivity contribution in [2.45, 2.75) is 25.1 Å². The van der Waals surface area contributed by atoms with Crippen molar-refractivity contribution in [3.05, 3.63) is 12.2 Å². The molecule has 3 heteroatoms. The number of aliphatic carboxylic acids is 1. The average molecular weight is 163 g/mol. The van der Waals surface area contributed by atoms with Crippen LogP contribution in [0.4, 0.5) is 0 Å². The van der Waals surface area contributed by atoms with Crippen molar-refractivity contribution >= 4 is 17.6 Å². The molecule has 0 aliphatic carbocycles. The first-order valence-corrected chi connectivity index (χ1v) is 3.53. The van der Waals surface area contributed by atoms with Gasteiger partial charge in [-0.15, -0.1) is 11.6 Å². The minimum Gasteiger partial charge on any atom is -0.478 e. The first kappa shape index (κ1) is 9.50. The maximum atomic E-state index is 10.2. The summed E-state index contributed by atoms with van der Waals surface area (Å²) in [6, 6.07) is 0. The number of halogens is 1. The van der Waals surface area contributed by atoms with Crippen molar-refractivity contribution in [3.63, 3.8) is 0 Å². The molecule has 0 amide bonds. The van der Waals surface area contributed by atoms with E-state index in [1.807, 2.05) is 6.92 Å². The summed E-state index contributed by atoms with van der Waals surface area (Å²) in [6.07, 6.45) is 1.15. The van der Waals surface area contributed by atoms with Crippen LogP contribution >= 0.6 is 11.6 Å². The molecular weight excluding hydrogens is 152 g/mol. The quantitative estimate of drug-likeness (QED) is 0.508. The van der Waals surface area contributed by atoms with Crippen LogP contribution < -0.4 is 0 Å². The zero-order chi connectivity index (χ0) is 8.15. The third-order valence-corrected chi connectivity index (χ3v) is 1.36. The summed E-state index contributed by atoms with van der Waals surface area (Å²) in [5, 5.41) is 8.38. The molecule has 0 aromatic rings. The number of alkyl halides is 1. The molecule has 0 rings (SSSR count). The van der Waals surface area contributed by atoms with Crippen molar-refractivity contribution < 1.29 is 9.90 Å². The molecule has 2 nitrogen and oxygen atoms in total. The monoisotopic (exact) mass is 162 g/mol. The highest BCUT2D eigenvalue weighted by atomic mass is 35.5. The number of carboxylic acid groups (broad SMARTS) is 1. The van der Waals surface area contributed by atoms with Gasteiger partial charge in [-0.3, -0.25) is 0 Å². The number of carbonyl (C=O) groups is 1. The topological polar surface area (TPSA) is 37.3 Å². The Kier molecular flexibility index (Phi) is 4.12. The highest BCUT2D eigenvalue weighted by Gasteiger charge is 2.04. The summed E-state index contributed by atoms with van der Waals surface area (Å²) in [7, 11) is 0. The fourth-order valence-electron chi connectivity index (χ4n) is 0.480. The largest absolute Gasteiger partial charge is 0.478 e. The number of carboxylic acids is 1. The van der Waals surface area contributed by atoms with Gasteiger partial charge >= 0.3 is 5.97 Å². The molecule has 10 heavy (non-hydrogen) atoms. The molecule has 0 aromatic heterocycles. The molecule has 1 unspecified atom stereocenters. The molecular formula is C7H11ClO2. The Balaban J connectivity index is 3.50. The lowest BCUT2D eigenvalue weighted by molar-refractivity contribution is -0.132. The lowest BCUT2D eigenvalue weighted by Crippen LogP contribution is -2.01. The van der Waals surface area contributed by atoms with Crippen LogP contribution in [0.5, 0.6) is 0 Å². The second-order valence-electron chi connectivity index (χ2n) is 2.23. The molecule has 0 aromatic carbocycles. The SMILES string of the molecule is C=C(CCC(C)Cl)C(=O)O. The van der Waals surface area contributed by atoms with Gasteiger partial charge in [-0.1, -0.05) is 6.58 Å². The zero-order valence-corrected chi connectivity index (χ0v) is 6.69. The lowest BCUT2D eigenvalue weighted by atomic mass is 10.1. The number of hydrogen-bond donors (Lipinski definition) is 1. The Morgan fingerprint density at radius 1 is 1.80 bits per heavy atom. The van der Waals surface area contributed by atoms with Crippen LogP contribution in [-0.4, -0.2) is 16.5 Å². The first-order valence-electron chi connectivity index (χ1n) is 3.09. The van der Waals surface area contributed by atoms with Gasteiger partial charge in [-0.05, 0) is 19.8 Å². The Hall–Kier alpha value is -0.500. The molecule has 0 saturated heterocycles. The van der Waals surface area contributed by atoms with E-state index in [9.17, 15) is 4.79 Å². The standard InChI is InChI=1S/C7H11ClO2/c1-5(7(9)10)3-4-6(2)8/h6H,1,3-4H2,2H3,(H,9,10). The predicted octanol–water partition coefficient (Wildman–Crippen LogP) is 2.03. The van der Waals surface area contributed by atoms with Crippen LogP contribution in [0.15, 0.2) is 12.2 Å². The maximum Gasteiger partial charge on any atom is 0.330 e. The Morgan fingerprint density at radius 3 is 2.60 bits per heavy atom. The van der Waals surface area contributed by atoms with E-state index < -0.39 is 5.97 Å². The smallest absolute Gasteiger partial charge is 0.330 e. The normalized spacial score (nSPS) is 12.6. The van der Waals surface area contributed by atoms with Gasteiger partial charge in [0.2, 0.25) is 0 Å². The molecule has 0 radical (unpaired) electrons. The van der Waals surface area contributed by atoms with Crippen molar-refractivity contribution in [3.8, 4) is 0 Å². The van der Waals surface area contributed by atoms with E-state index in [-0.39, 0.29) is 11.0 Å². The van der Waals surface area contributed by atoms with Crippen molar-refractivity contribution in [1.82, 2.24) is 0 Å². The summed E-state index contributed by atoms with van der Waals surface area (Å²) >= 11 is 5.59. The van der Waals surface area contributed by atoms with Crippen LogP contribution in [0.25, 0.3) is 0 Å². The minimum absolute atomic E-state index is 0.0242. The molecule has 0 fully saturated rings. The Bertz CT molecular complexity index is 141. The third-order valence-electron chi connectivity index (χ3n) is 1.15. The van der Waals surface area contributed by atoms with E-state index in [1.54, 1.807) is 0 Å². The summed E-state index contributed by atoms with van der Waals surface area (Å²) in [4.78, 5) is 10.2. The molecule has 1 N–H and O–H groups in total. The zero-order valence-electron chi connectivity index (χ0n) is 5.93. The molecule has 0 bridgehead atoms. The third kappa shape index (κ3) is 4.39. The van der Waals surface area contributed by atoms with E-state index in [2.05, 4.69) is 6.58 Å². The van der Waals surface area contributed by atoms with Gasteiger partial charge < -0.3 is 5.11 Å². The highest BCUT2D eigenvalue weighted by molar-refractivity contribution is 6.20. The van der Waals surface area contributed by atoms with Gasteiger partial charge in [-0.25, -0.2) is 4.79 Å². The van der Waals surface area contributed by atoms with Gasteiger partial charge in [0, 0.05) is 11.0 Å². The molecule has 0 saturated carbocycles. The van der Waals surface area contributed by atoms with E-state index in [0.717, 1.165) is 0 Å². The second kappa shape index (κ2) is 4.34. The first-order chi connectivity index (χ1) is 4.54. The number of hydrogen-bond acceptors (Lipinski definition) is 1. The van der Waals surface area contributed by atoms with E-state index >= 15 is 0 Å². The second-order valence-corrected chi connectivity index (χ2v) is 2.97. The van der Waals surface area contributed by atoms with Crippen molar-refractivity contribution in [2.75, 3.05) is 0 Å². The Morgan fingerprint density at radius 2 is 2.30 bits per heavy atom. The molecule has 0 spiro atoms. The summed E-state index contributed by atoms with van der Waals surface area (Å²) < 4.78 is 0. The van der Waals surface area contributed by atoms with Crippen LogP contribution in [0.1, 0.15) is 19.8 Å². The highest BCUT2D eigenvalue weighted by Crippen LogP contribution is 2.09. The maximum absolute atomic E-state index is 10.2. The number of rotatable bonds is 4. The average Bonchev–Trinajstić information content (AvgIpc) is 1.82. The fourth-order valence-corrected chi connectivity index (χ4v) is 0.589. The van der Waals surface area contributed by atoms with Gasteiger partial charge in [0.1, 0.15) is 0 Å². The van der Waals surface area contributed by atoms with Crippen LogP contribution in [-0.2, 0) is 4.79 Å². The molecule has 0 aliphatic heterocycles. The van der Waals surface area contributed by atoms with Gasteiger partial charge in [0.05, 0.1) is 0 Å². The Labute approximate surface area is 65.5 Å². The molecule has 1 atom stereocenters. The minimum atomic E-state index is -0.933. The molecule has 0 aliphatic rings. The fraction of sp³-hybridized carbons (Fsp3) is 0.571. The van der Waals surface area contributed by atoms with Crippen molar-refractivity contribution in [2.24, 2.45) is 0 Å². The van der Waals surface area contributed by atoms with Crippen molar-refractivity contribution in [1.29, 1.82) is 0 Å². The summed E-state index contributed by atoms with van der Waals surface area (Å²) in [5.74, 6) is -0.933. The van der Waals surface area contributed by atoms with Gasteiger partial charge in [0.15, 0.2) is 0 Å². The molecule has 0 heterocycles. The van der Waals surface area contributed by atoms with Crippen LogP contribution in [0.3, 0.4) is 0 Å². The van der Waals surface area contributed by atoms with E-state index in [0.29, 0.717) is 12.8 Å². The predicted molar refractivity (Wildman–Crippen MR) is 41.3 cm³/mol. The van der Waals surface area contributed by atoms with E-state index in [1.165, 1.54) is 0 Å². The van der Waals surface area contributed by atoms with Gasteiger partial charge in [-0.2, -0.15) is 0 Å². The van der Waals surface area contributed by atoms with Crippen LogP contribution in [0.2, 0.25) is 0 Å². The summed E-state index contributed by atoms with van der Waals surface area (Å²) in [5.41, 5.74) is 0.229. The molecule has 58 valence electrons. The van der Waals surface area contributed by atoms with Gasteiger partial charge in [0.25, 0.3) is 0 Å². The van der Waals surface area contributed by atoms with Crippen LogP contribution in [0, 0.1) is 0 Å².